The van der Waals surface area contributed by atoms with Gasteiger partial charge in [-0.2, -0.15) is 5.10 Å². The van der Waals surface area contributed by atoms with E-state index in [4.69, 9.17) is 4.42 Å². The average Bonchev–Trinajstić information content (AvgIpc) is 3.41. The fourth-order valence-corrected chi connectivity index (χ4v) is 5.14. The molecule has 31 heavy (non-hydrogen) atoms. The van der Waals surface area contributed by atoms with E-state index in [9.17, 15) is 9.59 Å². The summed E-state index contributed by atoms with van der Waals surface area (Å²) in [5, 5.41) is 7.32. The lowest BCUT2D eigenvalue weighted by Crippen LogP contribution is -2.53. The fraction of sp³-hybridized carbons (Fsp3) is 0.435. The lowest BCUT2D eigenvalue weighted by Gasteiger charge is -2.46. The van der Waals surface area contributed by atoms with Gasteiger partial charge in [-0.3, -0.25) is 23.7 Å². The van der Waals surface area contributed by atoms with Gasteiger partial charge >= 0.3 is 0 Å². The zero-order valence-corrected chi connectivity index (χ0v) is 17.6. The van der Waals surface area contributed by atoms with Crippen LogP contribution in [0.4, 0.5) is 0 Å². The highest BCUT2D eigenvalue weighted by atomic mass is 16.3. The van der Waals surface area contributed by atoms with Gasteiger partial charge in [0.05, 0.1) is 19.4 Å². The molecule has 2 aliphatic rings. The number of hydrogen-bond acceptors (Lipinski definition) is 5. The van der Waals surface area contributed by atoms with Crippen LogP contribution >= 0.6 is 0 Å². The largest absolute Gasteiger partial charge is 0.468 e. The van der Waals surface area contributed by atoms with E-state index < -0.39 is 6.04 Å². The van der Waals surface area contributed by atoms with Crippen LogP contribution in [-0.4, -0.2) is 44.8 Å². The standard InChI is InChI=1S/C23H27N5O3/c1-16-7-8-25-27(16)10-9-24-23(30)22-18-12-17(20-5-2-6-21(29)28(20)22)13-26(14-18)15-19-4-3-11-31-19/h2-8,11,17-18,22H,9-10,12-15H2,1H3,(H,24,30)/t17-,18+,22-/m1/s1. The number of carbonyl (C=O) groups is 1. The minimum Gasteiger partial charge on any atom is -0.468 e. The summed E-state index contributed by atoms with van der Waals surface area (Å²) >= 11 is 0. The molecule has 0 spiro atoms. The first kappa shape index (κ1) is 19.8. The number of hydrogen-bond donors (Lipinski definition) is 1. The Labute approximate surface area is 180 Å². The Hall–Kier alpha value is -3.13. The van der Waals surface area contributed by atoms with Crippen LogP contribution in [0.3, 0.4) is 0 Å². The maximum Gasteiger partial charge on any atom is 0.251 e. The van der Waals surface area contributed by atoms with Crippen molar-refractivity contribution in [3.05, 3.63) is 76.4 Å². The Morgan fingerprint density at radius 1 is 1.23 bits per heavy atom. The third-order valence-electron chi connectivity index (χ3n) is 6.50. The number of pyridine rings is 1. The van der Waals surface area contributed by atoms with Gasteiger partial charge in [-0.05, 0) is 37.6 Å². The fourth-order valence-electron chi connectivity index (χ4n) is 5.14. The van der Waals surface area contributed by atoms with Crippen LogP contribution < -0.4 is 10.9 Å². The highest BCUT2D eigenvalue weighted by Crippen LogP contribution is 2.41. The molecule has 3 atom stereocenters. The van der Waals surface area contributed by atoms with Gasteiger partial charge in [-0.15, -0.1) is 0 Å². The van der Waals surface area contributed by atoms with Crippen molar-refractivity contribution in [2.45, 2.75) is 38.4 Å². The van der Waals surface area contributed by atoms with Gasteiger partial charge in [0.2, 0.25) is 5.91 Å². The second-order valence-electron chi connectivity index (χ2n) is 8.56. The monoisotopic (exact) mass is 421 g/mol. The molecular weight excluding hydrogens is 394 g/mol. The van der Waals surface area contributed by atoms with Crippen molar-refractivity contribution in [1.82, 2.24) is 24.6 Å². The van der Waals surface area contributed by atoms with Gasteiger partial charge in [0.15, 0.2) is 0 Å². The molecule has 1 saturated heterocycles. The molecule has 8 nitrogen and oxygen atoms in total. The number of aromatic nitrogens is 3. The van der Waals surface area contributed by atoms with E-state index in [0.29, 0.717) is 19.6 Å². The predicted molar refractivity (Wildman–Crippen MR) is 115 cm³/mol. The summed E-state index contributed by atoms with van der Waals surface area (Å²) in [6.45, 7) is 5.39. The lowest BCUT2D eigenvalue weighted by molar-refractivity contribution is -0.127. The average molecular weight is 422 g/mol. The Balaban J connectivity index is 1.37. The summed E-state index contributed by atoms with van der Waals surface area (Å²) in [5.41, 5.74) is 1.91. The molecule has 0 aromatic carbocycles. The Morgan fingerprint density at radius 2 is 2.13 bits per heavy atom. The zero-order valence-electron chi connectivity index (χ0n) is 17.6. The Kier molecular flexibility index (Phi) is 5.23. The molecule has 0 unspecified atom stereocenters. The molecule has 0 saturated carbocycles. The van der Waals surface area contributed by atoms with Crippen molar-refractivity contribution in [1.29, 1.82) is 0 Å². The summed E-state index contributed by atoms with van der Waals surface area (Å²) in [6, 6.07) is 10.7. The number of amides is 1. The molecule has 1 fully saturated rings. The Morgan fingerprint density at radius 3 is 2.90 bits per heavy atom. The number of piperidine rings is 1. The second-order valence-corrected chi connectivity index (χ2v) is 8.56. The molecule has 162 valence electrons. The lowest BCUT2D eigenvalue weighted by atomic mass is 9.78. The number of rotatable bonds is 6. The van der Waals surface area contributed by atoms with Crippen LogP contribution in [0.15, 0.2) is 58.1 Å². The molecule has 3 aromatic rings. The summed E-state index contributed by atoms with van der Waals surface area (Å²) in [4.78, 5) is 28.4. The highest BCUT2D eigenvalue weighted by molar-refractivity contribution is 5.81. The molecule has 5 rings (SSSR count). The van der Waals surface area contributed by atoms with Crippen molar-refractivity contribution in [2.75, 3.05) is 19.6 Å². The number of nitrogens with zero attached hydrogens (tertiary/aromatic N) is 4. The summed E-state index contributed by atoms with van der Waals surface area (Å²) in [5.74, 6) is 1.13. The van der Waals surface area contributed by atoms with Crippen molar-refractivity contribution < 1.29 is 9.21 Å². The first-order valence-electron chi connectivity index (χ1n) is 10.8. The third-order valence-corrected chi connectivity index (χ3v) is 6.50. The minimum absolute atomic E-state index is 0.0766. The number of carbonyl (C=O) groups excluding carboxylic acids is 1. The number of likely N-dealkylation sites (tertiary alicyclic amines) is 1. The van der Waals surface area contributed by atoms with Crippen LogP contribution in [0.5, 0.6) is 0 Å². The molecule has 3 aromatic heterocycles. The van der Waals surface area contributed by atoms with E-state index in [1.807, 2.05) is 35.9 Å². The van der Waals surface area contributed by atoms with Gasteiger partial charge in [0.1, 0.15) is 11.8 Å². The van der Waals surface area contributed by atoms with Crippen LogP contribution in [0.25, 0.3) is 0 Å². The van der Waals surface area contributed by atoms with Crippen molar-refractivity contribution in [3.63, 3.8) is 0 Å². The maximum atomic E-state index is 13.3. The first-order valence-corrected chi connectivity index (χ1v) is 10.8. The van der Waals surface area contributed by atoms with Crippen molar-refractivity contribution >= 4 is 5.91 Å². The molecule has 5 heterocycles. The quantitative estimate of drug-likeness (QED) is 0.657. The number of aryl methyl sites for hydroxylation is 1. The summed E-state index contributed by atoms with van der Waals surface area (Å²) in [6.07, 6.45) is 4.35. The smallest absolute Gasteiger partial charge is 0.251 e. The number of fused-ring (bicyclic) bond motifs is 4. The zero-order chi connectivity index (χ0) is 21.4. The molecule has 1 amide bonds. The minimum atomic E-state index is -0.502. The van der Waals surface area contributed by atoms with Crippen LogP contribution in [0.2, 0.25) is 0 Å². The topological polar surface area (TPSA) is 85.3 Å². The molecular formula is C23H27N5O3. The van der Waals surface area contributed by atoms with Gasteiger partial charge in [-0.1, -0.05) is 6.07 Å². The molecule has 1 N–H and O–H groups in total. The van der Waals surface area contributed by atoms with Crippen LogP contribution in [-0.2, 0) is 17.9 Å². The van der Waals surface area contributed by atoms with Gasteiger partial charge in [0, 0.05) is 55.1 Å². The molecule has 0 radical (unpaired) electrons. The Bertz CT molecular complexity index is 1120. The predicted octanol–water partition coefficient (Wildman–Crippen LogP) is 1.92. The van der Waals surface area contributed by atoms with E-state index in [1.165, 1.54) is 0 Å². The number of furan rings is 1. The molecule has 2 aliphatic heterocycles. The maximum absolute atomic E-state index is 13.3. The van der Waals surface area contributed by atoms with E-state index >= 15 is 0 Å². The number of nitrogens with one attached hydrogen (secondary N) is 1. The molecule has 2 bridgehead atoms. The normalized spacial score (nSPS) is 22.8. The van der Waals surface area contributed by atoms with Gasteiger partial charge in [0.25, 0.3) is 5.56 Å². The SMILES string of the molecule is Cc1ccnn1CCNC(=O)[C@H]1[C@H]2C[C@H](CN(Cc3ccco3)C2)c2cccc(=O)n21. The third kappa shape index (κ3) is 3.83. The molecule has 8 heteroatoms. The van der Waals surface area contributed by atoms with Crippen molar-refractivity contribution in [2.24, 2.45) is 5.92 Å². The van der Waals surface area contributed by atoms with Crippen LogP contribution in [0, 0.1) is 12.8 Å². The summed E-state index contributed by atoms with van der Waals surface area (Å²) in [7, 11) is 0. The van der Waals surface area contributed by atoms with Crippen molar-refractivity contribution in [3.8, 4) is 0 Å². The van der Waals surface area contributed by atoms with E-state index in [1.54, 1.807) is 29.2 Å². The van der Waals surface area contributed by atoms with E-state index in [0.717, 1.165) is 36.7 Å². The summed E-state index contributed by atoms with van der Waals surface area (Å²) < 4.78 is 9.13. The van der Waals surface area contributed by atoms with E-state index in [-0.39, 0.29) is 23.3 Å². The highest BCUT2D eigenvalue weighted by Gasteiger charge is 2.43. The van der Waals surface area contributed by atoms with E-state index in [2.05, 4.69) is 15.3 Å². The van der Waals surface area contributed by atoms with Gasteiger partial charge < -0.3 is 9.73 Å². The first-order chi connectivity index (χ1) is 15.1. The van der Waals surface area contributed by atoms with Gasteiger partial charge in [-0.25, -0.2) is 0 Å². The molecule has 0 aliphatic carbocycles. The second kappa shape index (κ2) is 8.19. The van der Waals surface area contributed by atoms with Crippen LogP contribution in [0.1, 0.15) is 35.5 Å².